The van der Waals surface area contributed by atoms with Crippen molar-refractivity contribution in [3.8, 4) is 11.4 Å². The molecule has 1 amide bonds. The number of benzene rings is 1. The van der Waals surface area contributed by atoms with E-state index in [1.165, 1.54) is 0 Å². The molecule has 2 heterocycles. The number of hydrogen-bond donors (Lipinski definition) is 1. The van der Waals surface area contributed by atoms with Gasteiger partial charge in [-0.2, -0.15) is 4.98 Å². The number of piperidine rings is 1. The summed E-state index contributed by atoms with van der Waals surface area (Å²) < 4.78 is 6.43. The highest BCUT2D eigenvalue weighted by atomic mass is 79.9. The molecule has 1 aliphatic heterocycles. The molecule has 0 saturated carbocycles. The first-order valence-electron chi connectivity index (χ1n) is 9.60. The van der Waals surface area contributed by atoms with Crippen LogP contribution >= 0.6 is 15.9 Å². The normalized spacial score (nSPS) is 16.0. The maximum absolute atomic E-state index is 12.3. The van der Waals surface area contributed by atoms with E-state index in [2.05, 4.69) is 50.1 Å². The van der Waals surface area contributed by atoms with Crippen LogP contribution in [0, 0.1) is 11.8 Å². The van der Waals surface area contributed by atoms with Crippen LogP contribution in [-0.4, -0.2) is 40.6 Å². The van der Waals surface area contributed by atoms with E-state index in [9.17, 15) is 4.79 Å². The fourth-order valence-corrected chi connectivity index (χ4v) is 3.47. The van der Waals surface area contributed by atoms with Crippen molar-refractivity contribution in [2.45, 2.75) is 39.7 Å². The maximum Gasteiger partial charge on any atom is 0.241 e. The Hall–Kier alpha value is -1.73. The van der Waals surface area contributed by atoms with E-state index in [1.54, 1.807) is 0 Å². The Morgan fingerprint density at radius 2 is 2.00 bits per heavy atom. The molecule has 1 N–H and O–H groups in total. The lowest BCUT2D eigenvalue weighted by molar-refractivity contribution is -0.126. The van der Waals surface area contributed by atoms with Crippen molar-refractivity contribution in [1.29, 1.82) is 0 Å². The number of halogens is 1. The lowest BCUT2D eigenvalue weighted by atomic mass is 9.96. The molecule has 1 saturated heterocycles. The molecule has 0 unspecified atom stereocenters. The average molecular weight is 435 g/mol. The first kappa shape index (κ1) is 20.0. The lowest BCUT2D eigenvalue weighted by Gasteiger charge is -2.30. The molecule has 1 aliphatic rings. The third-order valence-corrected chi connectivity index (χ3v) is 5.44. The van der Waals surface area contributed by atoms with Crippen LogP contribution in [0.3, 0.4) is 0 Å². The summed E-state index contributed by atoms with van der Waals surface area (Å²) in [7, 11) is 0. The van der Waals surface area contributed by atoms with Crippen LogP contribution in [-0.2, 0) is 11.3 Å². The number of rotatable bonds is 7. The number of carbonyl (C=O) groups is 1. The summed E-state index contributed by atoms with van der Waals surface area (Å²) in [5, 5.41) is 7.15. The second-order valence-corrected chi connectivity index (χ2v) is 8.46. The van der Waals surface area contributed by atoms with Crippen LogP contribution in [0.15, 0.2) is 33.3 Å². The molecule has 1 aromatic carbocycles. The Balaban J connectivity index is 1.45. The monoisotopic (exact) mass is 434 g/mol. The highest BCUT2D eigenvalue weighted by Crippen LogP contribution is 2.21. The highest BCUT2D eigenvalue weighted by Gasteiger charge is 2.25. The number of carbonyl (C=O) groups excluding carboxylic acids is 1. The Morgan fingerprint density at radius 3 is 2.67 bits per heavy atom. The Labute approximate surface area is 168 Å². The van der Waals surface area contributed by atoms with Gasteiger partial charge in [-0.15, -0.1) is 0 Å². The predicted octanol–water partition coefficient (Wildman–Crippen LogP) is 3.87. The fourth-order valence-electron chi connectivity index (χ4n) is 3.21. The minimum Gasteiger partial charge on any atom is -0.356 e. The number of amides is 1. The first-order chi connectivity index (χ1) is 13.0. The topological polar surface area (TPSA) is 71.3 Å². The van der Waals surface area contributed by atoms with E-state index in [1.807, 2.05) is 24.3 Å². The summed E-state index contributed by atoms with van der Waals surface area (Å²) in [6.07, 6.45) is 2.78. The van der Waals surface area contributed by atoms with Crippen molar-refractivity contribution in [1.82, 2.24) is 20.4 Å². The summed E-state index contributed by atoms with van der Waals surface area (Å²) in [5.74, 6) is 2.16. The van der Waals surface area contributed by atoms with Gasteiger partial charge in [0.15, 0.2) is 0 Å². The van der Waals surface area contributed by atoms with Gasteiger partial charge in [0.1, 0.15) is 0 Å². The minimum atomic E-state index is 0.120. The summed E-state index contributed by atoms with van der Waals surface area (Å²) in [4.78, 5) is 19.0. The average Bonchev–Trinajstić information content (AvgIpc) is 3.11. The third-order valence-electron chi connectivity index (χ3n) is 4.91. The van der Waals surface area contributed by atoms with Gasteiger partial charge >= 0.3 is 0 Å². The lowest BCUT2D eigenvalue weighted by Crippen LogP contribution is -2.40. The van der Waals surface area contributed by atoms with E-state index in [0.717, 1.165) is 48.9 Å². The Morgan fingerprint density at radius 1 is 1.30 bits per heavy atom. The second-order valence-electron chi connectivity index (χ2n) is 7.54. The van der Waals surface area contributed by atoms with E-state index >= 15 is 0 Å². The van der Waals surface area contributed by atoms with Crippen molar-refractivity contribution in [3.05, 3.63) is 34.6 Å². The smallest absolute Gasteiger partial charge is 0.241 e. The van der Waals surface area contributed by atoms with Gasteiger partial charge in [-0.3, -0.25) is 9.69 Å². The van der Waals surface area contributed by atoms with E-state index in [-0.39, 0.29) is 11.8 Å². The van der Waals surface area contributed by atoms with E-state index in [0.29, 0.717) is 24.2 Å². The molecule has 7 heteroatoms. The van der Waals surface area contributed by atoms with Crippen molar-refractivity contribution in [2.24, 2.45) is 11.8 Å². The maximum atomic E-state index is 12.3. The fraction of sp³-hybridized carbons (Fsp3) is 0.550. The summed E-state index contributed by atoms with van der Waals surface area (Å²) >= 11 is 3.42. The Kier molecular flexibility index (Phi) is 7.01. The Bertz CT molecular complexity index is 737. The van der Waals surface area contributed by atoms with Gasteiger partial charge in [0.05, 0.1) is 6.54 Å². The van der Waals surface area contributed by atoms with Crippen molar-refractivity contribution in [3.63, 3.8) is 0 Å². The van der Waals surface area contributed by atoms with Gasteiger partial charge < -0.3 is 9.84 Å². The molecule has 2 aromatic rings. The number of nitrogens with one attached hydrogen (secondary N) is 1. The minimum absolute atomic E-state index is 0.120. The van der Waals surface area contributed by atoms with E-state index in [4.69, 9.17) is 4.52 Å². The van der Waals surface area contributed by atoms with Gasteiger partial charge in [0.25, 0.3) is 0 Å². The quantitative estimate of drug-likeness (QED) is 0.715. The molecule has 0 bridgehead atoms. The molecular formula is C20H27BrN4O2. The van der Waals surface area contributed by atoms with Gasteiger partial charge in [0, 0.05) is 22.5 Å². The molecule has 1 aromatic heterocycles. The number of hydrogen-bond acceptors (Lipinski definition) is 5. The molecule has 0 aliphatic carbocycles. The standard InChI is InChI=1S/C20H27BrN4O2/c1-14(2)7-10-22-20(26)16-8-11-25(12-9-16)13-18-23-19(24-27-18)15-3-5-17(21)6-4-15/h3-6,14,16H,7-13H2,1-2H3,(H,22,26). The predicted molar refractivity (Wildman–Crippen MR) is 108 cm³/mol. The van der Waals surface area contributed by atoms with Crippen molar-refractivity contribution in [2.75, 3.05) is 19.6 Å². The van der Waals surface area contributed by atoms with Gasteiger partial charge in [-0.25, -0.2) is 0 Å². The van der Waals surface area contributed by atoms with Crippen LogP contribution in [0.2, 0.25) is 0 Å². The molecule has 3 rings (SSSR count). The molecule has 0 radical (unpaired) electrons. The SMILES string of the molecule is CC(C)CCNC(=O)C1CCN(Cc2nc(-c3ccc(Br)cc3)no2)CC1. The first-order valence-corrected chi connectivity index (χ1v) is 10.4. The third kappa shape index (κ3) is 5.87. The second kappa shape index (κ2) is 9.46. The van der Waals surface area contributed by atoms with Crippen LogP contribution in [0.1, 0.15) is 39.0 Å². The van der Waals surface area contributed by atoms with Crippen molar-refractivity contribution < 1.29 is 9.32 Å². The number of nitrogens with zero attached hydrogens (tertiary/aromatic N) is 3. The van der Waals surface area contributed by atoms with E-state index < -0.39 is 0 Å². The molecule has 0 atom stereocenters. The van der Waals surface area contributed by atoms with Crippen LogP contribution in [0.25, 0.3) is 11.4 Å². The molecular weight excluding hydrogens is 408 g/mol. The molecule has 0 spiro atoms. The van der Waals surface area contributed by atoms with Crippen LogP contribution in [0.4, 0.5) is 0 Å². The van der Waals surface area contributed by atoms with Crippen LogP contribution < -0.4 is 5.32 Å². The van der Waals surface area contributed by atoms with Gasteiger partial charge in [-0.05, 0) is 62.5 Å². The molecule has 6 nitrogen and oxygen atoms in total. The van der Waals surface area contributed by atoms with Gasteiger partial charge in [-0.1, -0.05) is 34.9 Å². The summed E-state index contributed by atoms with van der Waals surface area (Å²) in [5.41, 5.74) is 0.935. The zero-order valence-electron chi connectivity index (χ0n) is 15.9. The molecule has 146 valence electrons. The summed E-state index contributed by atoms with van der Waals surface area (Å²) in [6.45, 7) is 7.49. The molecule has 27 heavy (non-hydrogen) atoms. The summed E-state index contributed by atoms with van der Waals surface area (Å²) in [6, 6.07) is 7.84. The molecule has 1 fully saturated rings. The zero-order chi connectivity index (χ0) is 19.2. The number of aromatic nitrogens is 2. The van der Waals surface area contributed by atoms with Gasteiger partial charge in [0.2, 0.25) is 17.6 Å². The largest absolute Gasteiger partial charge is 0.356 e. The highest BCUT2D eigenvalue weighted by molar-refractivity contribution is 9.10. The zero-order valence-corrected chi connectivity index (χ0v) is 17.5. The van der Waals surface area contributed by atoms with Crippen molar-refractivity contribution >= 4 is 21.8 Å². The number of likely N-dealkylation sites (tertiary alicyclic amines) is 1. The van der Waals surface area contributed by atoms with Crippen LogP contribution in [0.5, 0.6) is 0 Å².